The fourth-order valence-electron chi connectivity index (χ4n) is 2.14. The molecule has 1 atom stereocenters. The van der Waals surface area contributed by atoms with E-state index in [4.69, 9.17) is 11.6 Å². The molecule has 2 rings (SSSR count). The van der Waals surface area contributed by atoms with Crippen LogP contribution in [0.4, 0.5) is 5.69 Å². The largest absolute Gasteiger partial charge is 0.326 e. The Kier molecular flexibility index (Phi) is 3.69. The van der Waals surface area contributed by atoms with E-state index in [-0.39, 0.29) is 11.9 Å². The lowest BCUT2D eigenvalue weighted by molar-refractivity contribution is -0.116. The van der Waals surface area contributed by atoms with Crippen molar-refractivity contribution in [2.75, 3.05) is 25.3 Å². The molecule has 1 N–H and O–H groups in total. The number of carbonyl (C=O) groups excluding carboxylic acids is 1. The molecule has 3 nitrogen and oxygen atoms in total. The normalized spacial score (nSPS) is 16.6. The van der Waals surface area contributed by atoms with Gasteiger partial charge in [-0.3, -0.25) is 4.79 Å². The van der Waals surface area contributed by atoms with Crippen LogP contribution in [-0.4, -0.2) is 30.8 Å². The molecule has 0 saturated heterocycles. The number of alkyl halides is 1. The summed E-state index contributed by atoms with van der Waals surface area (Å²) in [6.07, 6.45) is 1.39. The first-order valence-electron chi connectivity index (χ1n) is 5.77. The van der Waals surface area contributed by atoms with E-state index in [2.05, 4.69) is 16.3 Å². The number of fused-ring (bicyclic) bond motifs is 1. The minimum Gasteiger partial charge on any atom is -0.326 e. The maximum absolute atomic E-state index is 11.3. The number of carbonyl (C=O) groups is 1. The SMILES string of the molecule is CN(C)C(CCl)c1ccc2c(c1)CCC(=O)N2. The molecule has 1 aromatic carbocycles. The maximum atomic E-state index is 11.3. The molecule has 0 saturated carbocycles. The van der Waals surface area contributed by atoms with Crippen molar-refractivity contribution in [1.29, 1.82) is 0 Å². The highest BCUT2D eigenvalue weighted by atomic mass is 35.5. The Morgan fingerprint density at radius 1 is 1.41 bits per heavy atom. The predicted octanol–water partition coefficient (Wildman–Crippen LogP) is 2.41. The van der Waals surface area contributed by atoms with Crippen molar-refractivity contribution in [3.8, 4) is 0 Å². The van der Waals surface area contributed by atoms with Crippen LogP contribution >= 0.6 is 11.6 Å². The van der Waals surface area contributed by atoms with Crippen LogP contribution < -0.4 is 5.32 Å². The maximum Gasteiger partial charge on any atom is 0.224 e. The van der Waals surface area contributed by atoms with E-state index in [1.807, 2.05) is 26.2 Å². The van der Waals surface area contributed by atoms with Crippen LogP contribution in [0.15, 0.2) is 18.2 Å². The molecule has 0 aromatic heterocycles. The van der Waals surface area contributed by atoms with Crippen molar-refractivity contribution in [3.05, 3.63) is 29.3 Å². The number of nitrogens with one attached hydrogen (secondary N) is 1. The third-order valence-corrected chi connectivity index (χ3v) is 3.47. The first-order valence-corrected chi connectivity index (χ1v) is 6.30. The summed E-state index contributed by atoms with van der Waals surface area (Å²) in [7, 11) is 4.04. The molecule has 1 aliphatic heterocycles. The van der Waals surface area contributed by atoms with Crippen molar-refractivity contribution in [1.82, 2.24) is 4.90 Å². The van der Waals surface area contributed by atoms with E-state index in [1.54, 1.807) is 0 Å². The standard InChI is InChI=1S/C13H17ClN2O/c1-16(2)12(8-14)10-3-5-11-9(7-10)4-6-13(17)15-11/h3,5,7,12H,4,6,8H2,1-2H3,(H,15,17). The summed E-state index contributed by atoms with van der Waals surface area (Å²) in [5.41, 5.74) is 3.36. The molecule has 0 aliphatic carbocycles. The number of hydrogen-bond acceptors (Lipinski definition) is 2. The zero-order chi connectivity index (χ0) is 12.4. The van der Waals surface area contributed by atoms with Crippen LogP contribution in [-0.2, 0) is 11.2 Å². The van der Waals surface area contributed by atoms with E-state index in [0.717, 1.165) is 12.1 Å². The fourth-order valence-corrected chi connectivity index (χ4v) is 2.59. The second-order valence-electron chi connectivity index (χ2n) is 4.60. The van der Waals surface area contributed by atoms with Gasteiger partial charge in [-0.2, -0.15) is 0 Å². The topological polar surface area (TPSA) is 32.3 Å². The molecule has 17 heavy (non-hydrogen) atoms. The molecular formula is C13H17ClN2O. The van der Waals surface area contributed by atoms with E-state index in [9.17, 15) is 4.79 Å². The number of rotatable bonds is 3. The first-order chi connectivity index (χ1) is 8.11. The van der Waals surface area contributed by atoms with Crippen LogP contribution in [0.3, 0.4) is 0 Å². The lowest BCUT2D eigenvalue weighted by atomic mass is 9.97. The predicted molar refractivity (Wildman–Crippen MR) is 70.5 cm³/mol. The third kappa shape index (κ3) is 2.61. The van der Waals surface area contributed by atoms with Gasteiger partial charge in [-0.25, -0.2) is 0 Å². The van der Waals surface area contributed by atoms with E-state index < -0.39 is 0 Å². The summed E-state index contributed by atoms with van der Waals surface area (Å²) in [6.45, 7) is 0. The summed E-state index contributed by atoms with van der Waals surface area (Å²) in [6, 6.07) is 6.39. The Balaban J connectivity index is 2.30. The Morgan fingerprint density at radius 2 is 2.18 bits per heavy atom. The van der Waals surface area contributed by atoms with Gasteiger partial charge in [0.2, 0.25) is 5.91 Å². The van der Waals surface area contributed by atoms with Crippen molar-refractivity contribution >= 4 is 23.2 Å². The van der Waals surface area contributed by atoms with Gasteiger partial charge in [0, 0.05) is 24.0 Å². The lowest BCUT2D eigenvalue weighted by Gasteiger charge is -2.25. The summed E-state index contributed by atoms with van der Waals surface area (Å²) in [5, 5.41) is 2.89. The highest BCUT2D eigenvalue weighted by molar-refractivity contribution is 6.18. The molecule has 0 bridgehead atoms. The zero-order valence-electron chi connectivity index (χ0n) is 10.2. The Bertz CT molecular complexity index is 431. The van der Waals surface area contributed by atoms with Gasteiger partial charge < -0.3 is 10.2 Å². The Hall–Kier alpha value is -1.06. The first kappa shape index (κ1) is 12.4. The number of benzene rings is 1. The molecule has 1 aromatic rings. The van der Waals surface area contributed by atoms with Gasteiger partial charge in [-0.1, -0.05) is 12.1 Å². The van der Waals surface area contributed by atoms with Crippen LogP contribution in [0, 0.1) is 0 Å². The minimum atomic E-state index is 0.103. The van der Waals surface area contributed by atoms with Crippen molar-refractivity contribution in [3.63, 3.8) is 0 Å². The highest BCUT2D eigenvalue weighted by Crippen LogP contribution is 2.28. The monoisotopic (exact) mass is 252 g/mol. The van der Waals surface area contributed by atoms with Crippen LogP contribution in [0.25, 0.3) is 0 Å². The molecule has 0 spiro atoms. The van der Waals surface area contributed by atoms with Crippen LogP contribution in [0.2, 0.25) is 0 Å². The van der Waals surface area contributed by atoms with Gasteiger partial charge in [-0.15, -0.1) is 11.6 Å². The Labute approximate surface area is 107 Å². The van der Waals surface area contributed by atoms with Gasteiger partial charge in [0.05, 0.1) is 0 Å². The van der Waals surface area contributed by atoms with E-state index in [0.29, 0.717) is 12.3 Å². The minimum absolute atomic E-state index is 0.103. The quantitative estimate of drug-likeness (QED) is 0.838. The third-order valence-electron chi connectivity index (χ3n) is 3.18. The Morgan fingerprint density at radius 3 is 2.82 bits per heavy atom. The fraction of sp³-hybridized carbons (Fsp3) is 0.462. The highest BCUT2D eigenvalue weighted by Gasteiger charge is 2.18. The number of amides is 1. The number of aryl methyl sites for hydroxylation is 1. The molecule has 1 aliphatic rings. The average Bonchev–Trinajstić information content (AvgIpc) is 2.29. The van der Waals surface area contributed by atoms with Crippen molar-refractivity contribution in [2.24, 2.45) is 0 Å². The van der Waals surface area contributed by atoms with E-state index >= 15 is 0 Å². The molecular weight excluding hydrogens is 236 g/mol. The summed E-state index contributed by atoms with van der Waals surface area (Å²) >= 11 is 5.99. The molecule has 1 amide bonds. The number of halogens is 1. The summed E-state index contributed by atoms with van der Waals surface area (Å²) < 4.78 is 0. The smallest absolute Gasteiger partial charge is 0.224 e. The number of anilines is 1. The van der Waals surface area contributed by atoms with Crippen molar-refractivity contribution in [2.45, 2.75) is 18.9 Å². The number of hydrogen-bond donors (Lipinski definition) is 1. The zero-order valence-corrected chi connectivity index (χ0v) is 10.9. The van der Waals surface area contributed by atoms with E-state index in [1.165, 1.54) is 11.1 Å². The summed E-state index contributed by atoms with van der Waals surface area (Å²) in [5.74, 6) is 0.671. The van der Waals surface area contributed by atoms with Crippen LogP contribution in [0.1, 0.15) is 23.6 Å². The van der Waals surface area contributed by atoms with Crippen molar-refractivity contribution < 1.29 is 4.79 Å². The van der Waals surface area contributed by atoms with Gasteiger partial charge in [0.25, 0.3) is 0 Å². The van der Waals surface area contributed by atoms with Gasteiger partial charge in [0.15, 0.2) is 0 Å². The molecule has 92 valence electrons. The molecule has 0 fully saturated rings. The average molecular weight is 253 g/mol. The van der Waals surface area contributed by atoms with Gasteiger partial charge in [0.1, 0.15) is 0 Å². The van der Waals surface area contributed by atoms with Gasteiger partial charge >= 0.3 is 0 Å². The summed E-state index contributed by atoms with van der Waals surface area (Å²) in [4.78, 5) is 13.4. The lowest BCUT2D eigenvalue weighted by Crippen LogP contribution is -2.23. The van der Waals surface area contributed by atoms with Gasteiger partial charge in [-0.05, 0) is 37.7 Å². The molecule has 4 heteroatoms. The molecule has 1 unspecified atom stereocenters. The van der Waals surface area contributed by atoms with Crippen LogP contribution in [0.5, 0.6) is 0 Å². The number of nitrogens with zero attached hydrogens (tertiary/aromatic N) is 1. The molecule has 1 heterocycles. The molecule has 0 radical (unpaired) electrons. The second-order valence-corrected chi connectivity index (χ2v) is 4.91. The second kappa shape index (κ2) is 5.07.